The minimum atomic E-state index is -1.66. The topological polar surface area (TPSA) is 37.3 Å². The van der Waals surface area contributed by atoms with Crippen LogP contribution in [0.1, 0.15) is 55.1 Å². The summed E-state index contributed by atoms with van der Waals surface area (Å²) in [5.74, 6) is -2.86. The van der Waals surface area contributed by atoms with Crippen molar-refractivity contribution in [3.63, 3.8) is 0 Å². The minimum absolute atomic E-state index is 0.506. The fourth-order valence-corrected chi connectivity index (χ4v) is 0.977. The monoisotopic (exact) mass is 174 g/mol. The number of aliphatic carboxylic acids is 1. The Kier molecular flexibility index (Phi) is 4.81. The molecular weight excluding hydrogens is 152 g/mol. The van der Waals surface area contributed by atoms with Gasteiger partial charge in [-0.3, -0.25) is 4.79 Å². The Hall–Kier alpha value is -0.530. The summed E-state index contributed by atoms with van der Waals surface area (Å²) in [5.41, 5.74) is 0. The summed E-state index contributed by atoms with van der Waals surface area (Å²) in [6.07, 6.45) is 3.81. The van der Waals surface area contributed by atoms with Gasteiger partial charge in [-0.05, 0) is 6.40 Å². The molecule has 0 aromatic rings. The van der Waals surface area contributed by atoms with E-state index in [1.807, 2.05) is 0 Å². The highest BCUT2D eigenvalue weighted by atomic mass is 16.4. The Morgan fingerprint density at radius 1 is 1.50 bits per heavy atom. The molecule has 72 valence electrons. The summed E-state index contributed by atoms with van der Waals surface area (Å²) in [6, 6.07) is 0. The number of carboxylic acid groups (broad SMARTS) is 1. The first-order valence-corrected chi connectivity index (χ1v) is 4.58. The van der Waals surface area contributed by atoms with Crippen molar-refractivity contribution in [2.75, 3.05) is 0 Å². The Morgan fingerprint density at radius 2 is 2.08 bits per heavy atom. The predicted octanol–water partition coefficient (Wildman–Crippen LogP) is 3.07. The SMILES string of the molecule is [2H]C(CCCCCC)C([2H])(C)C(=O)O. The van der Waals surface area contributed by atoms with Gasteiger partial charge < -0.3 is 5.11 Å². The van der Waals surface area contributed by atoms with Crippen molar-refractivity contribution in [2.45, 2.75) is 52.3 Å². The lowest BCUT2D eigenvalue weighted by atomic mass is 10.0. The molecule has 0 saturated heterocycles. The second-order valence-electron chi connectivity index (χ2n) is 3.04. The molecule has 2 nitrogen and oxygen atoms in total. The standard InChI is InChI=1S/C10H20O2/c1-3-4-5-6-7-8-9(2)10(11)12/h9H,3-8H2,1-2H3,(H,11,12)/i8D,9D. The van der Waals surface area contributed by atoms with Crippen LogP contribution >= 0.6 is 0 Å². The summed E-state index contributed by atoms with van der Waals surface area (Å²) < 4.78 is 15.1. The lowest BCUT2D eigenvalue weighted by molar-refractivity contribution is -0.141. The lowest BCUT2D eigenvalue weighted by Gasteiger charge is -2.04. The molecule has 1 N–H and O–H groups in total. The highest BCUT2D eigenvalue weighted by molar-refractivity contribution is 5.69. The minimum Gasteiger partial charge on any atom is -0.481 e. The maximum absolute atomic E-state index is 10.6. The number of carbonyl (C=O) groups is 1. The Labute approximate surface area is 77.8 Å². The van der Waals surface area contributed by atoms with Crippen molar-refractivity contribution in [3.8, 4) is 0 Å². The molecule has 0 bridgehead atoms. The zero-order valence-electron chi connectivity index (χ0n) is 9.97. The molecule has 0 radical (unpaired) electrons. The molecule has 0 aliphatic carbocycles. The van der Waals surface area contributed by atoms with Crippen LogP contribution in [-0.2, 0) is 4.79 Å². The van der Waals surface area contributed by atoms with Crippen molar-refractivity contribution in [2.24, 2.45) is 5.89 Å². The van der Waals surface area contributed by atoms with Crippen LogP contribution in [0, 0.1) is 5.89 Å². The van der Waals surface area contributed by atoms with E-state index in [4.69, 9.17) is 7.85 Å². The van der Waals surface area contributed by atoms with Gasteiger partial charge in [-0.15, -0.1) is 0 Å². The van der Waals surface area contributed by atoms with E-state index >= 15 is 0 Å². The fourth-order valence-electron chi connectivity index (χ4n) is 0.977. The molecule has 0 aromatic carbocycles. The van der Waals surface area contributed by atoms with E-state index in [1.54, 1.807) is 0 Å². The highest BCUT2D eigenvalue weighted by Crippen LogP contribution is 2.10. The average molecular weight is 174 g/mol. The molecule has 0 saturated carbocycles. The average Bonchev–Trinajstić information content (AvgIpc) is 2.11. The molecule has 2 unspecified atom stereocenters. The lowest BCUT2D eigenvalue weighted by Crippen LogP contribution is -2.08. The van der Waals surface area contributed by atoms with E-state index in [0.29, 0.717) is 6.42 Å². The van der Waals surface area contributed by atoms with Crippen LogP contribution in [0.4, 0.5) is 0 Å². The van der Waals surface area contributed by atoms with Gasteiger partial charge in [-0.25, -0.2) is 0 Å². The number of carboxylic acids is 1. The molecule has 0 aliphatic heterocycles. The van der Waals surface area contributed by atoms with Gasteiger partial charge in [0.2, 0.25) is 0 Å². The number of unbranched alkanes of at least 4 members (excludes halogenated alkanes) is 3. The molecular formula is C10H20O2. The first-order valence-electron chi connectivity index (χ1n) is 5.66. The van der Waals surface area contributed by atoms with Gasteiger partial charge >= 0.3 is 5.97 Å². The number of rotatable bonds is 7. The molecule has 0 fully saturated rings. The maximum atomic E-state index is 10.6. The highest BCUT2D eigenvalue weighted by Gasteiger charge is 2.08. The number of hydrogen-bond acceptors (Lipinski definition) is 1. The van der Waals surface area contributed by atoms with Crippen LogP contribution in [0.25, 0.3) is 0 Å². The molecule has 0 rings (SSSR count). The van der Waals surface area contributed by atoms with Crippen LogP contribution in [0.2, 0.25) is 0 Å². The zero-order valence-corrected chi connectivity index (χ0v) is 7.97. The zero-order chi connectivity index (χ0) is 11.2. The third-order valence-corrected chi connectivity index (χ3v) is 1.85. The summed E-state index contributed by atoms with van der Waals surface area (Å²) >= 11 is 0. The molecule has 12 heavy (non-hydrogen) atoms. The van der Waals surface area contributed by atoms with E-state index in [2.05, 4.69) is 6.92 Å². The largest absolute Gasteiger partial charge is 0.481 e. The van der Waals surface area contributed by atoms with Crippen molar-refractivity contribution >= 4 is 5.97 Å². The van der Waals surface area contributed by atoms with Gasteiger partial charge in [0.05, 0.1) is 5.89 Å². The summed E-state index contributed by atoms with van der Waals surface area (Å²) in [7, 11) is 0. The summed E-state index contributed by atoms with van der Waals surface area (Å²) in [4.78, 5) is 10.6. The van der Waals surface area contributed by atoms with Crippen LogP contribution in [-0.4, -0.2) is 11.1 Å². The van der Waals surface area contributed by atoms with Crippen molar-refractivity contribution < 1.29 is 12.6 Å². The Morgan fingerprint density at radius 3 is 2.58 bits per heavy atom. The van der Waals surface area contributed by atoms with Gasteiger partial charge in [0.15, 0.2) is 0 Å². The Balaban J connectivity index is 3.83. The van der Waals surface area contributed by atoms with Crippen molar-refractivity contribution in [3.05, 3.63) is 0 Å². The molecule has 2 atom stereocenters. The van der Waals surface area contributed by atoms with Crippen LogP contribution in [0.5, 0.6) is 0 Å². The van der Waals surface area contributed by atoms with Crippen molar-refractivity contribution in [1.82, 2.24) is 0 Å². The van der Waals surface area contributed by atoms with Gasteiger partial charge in [-0.1, -0.05) is 46.0 Å². The fraction of sp³-hybridized carbons (Fsp3) is 0.900. The molecule has 0 amide bonds. The maximum Gasteiger partial charge on any atom is 0.306 e. The van der Waals surface area contributed by atoms with Gasteiger partial charge in [0.25, 0.3) is 0 Å². The van der Waals surface area contributed by atoms with E-state index in [-0.39, 0.29) is 0 Å². The van der Waals surface area contributed by atoms with Crippen LogP contribution in [0.3, 0.4) is 0 Å². The van der Waals surface area contributed by atoms with Gasteiger partial charge in [0.1, 0.15) is 0 Å². The quantitative estimate of drug-likeness (QED) is 0.602. The second-order valence-corrected chi connectivity index (χ2v) is 3.04. The van der Waals surface area contributed by atoms with Crippen molar-refractivity contribution in [1.29, 1.82) is 0 Å². The van der Waals surface area contributed by atoms with Crippen LogP contribution < -0.4 is 0 Å². The van der Waals surface area contributed by atoms with E-state index < -0.39 is 18.3 Å². The molecule has 0 spiro atoms. The molecule has 0 aromatic heterocycles. The first-order chi connectivity index (χ1) is 6.42. The Bertz CT molecular complexity index is 181. The second kappa shape index (κ2) is 7.14. The first kappa shape index (κ1) is 8.09. The van der Waals surface area contributed by atoms with Gasteiger partial charge in [0, 0.05) is 2.74 Å². The number of hydrogen-bond donors (Lipinski definition) is 1. The third-order valence-electron chi connectivity index (χ3n) is 1.85. The third kappa shape index (κ3) is 6.20. The van der Waals surface area contributed by atoms with E-state index in [0.717, 1.165) is 25.7 Å². The molecule has 2 heteroatoms. The molecule has 0 aliphatic rings. The summed E-state index contributed by atoms with van der Waals surface area (Å²) in [5, 5.41) is 8.71. The van der Waals surface area contributed by atoms with Gasteiger partial charge in [-0.2, -0.15) is 0 Å². The van der Waals surface area contributed by atoms with Crippen LogP contribution in [0.15, 0.2) is 0 Å². The van der Waals surface area contributed by atoms with E-state index in [1.165, 1.54) is 6.92 Å². The molecule has 0 heterocycles. The normalized spacial score (nSPS) is 20.5. The smallest absolute Gasteiger partial charge is 0.306 e. The summed E-state index contributed by atoms with van der Waals surface area (Å²) in [6.45, 7) is 3.40. The predicted molar refractivity (Wildman–Crippen MR) is 50.2 cm³/mol. The van der Waals surface area contributed by atoms with E-state index in [9.17, 15) is 4.79 Å².